The first-order valence-corrected chi connectivity index (χ1v) is 6.41. The molecule has 1 amide bonds. The highest BCUT2D eigenvalue weighted by Gasteiger charge is 2.24. The van der Waals surface area contributed by atoms with E-state index in [-0.39, 0.29) is 18.4 Å². The van der Waals surface area contributed by atoms with Crippen LogP contribution in [-0.2, 0) is 11.8 Å². The maximum Gasteiger partial charge on any atom is 0.323 e. The Hall–Kier alpha value is -1.85. The quantitative estimate of drug-likeness (QED) is 0.847. The molecule has 0 fully saturated rings. The number of hydrogen-bond donors (Lipinski definition) is 1. The van der Waals surface area contributed by atoms with Crippen molar-refractivity contribution in [2.24, 2.45) is 7.05 Å². The van der Waals surface area contributed by atoms with Gasteiger partial charge in [-0.15, -0.1) is 0 Å². The molecule has 0 aliphatic rings. The number of carbonyl (C=O) groups excluding carboxylic acids is 1. The minimum Gasteiger partial charge on any atom is -0.480 e. The Labute approximate surface area is 113 Å². The van der Waals surface area contributed by atoms with Gasteiger partial charge in [0.25, 0.3) is 5.91 Å². The fourth-order valence-electron chi connectivity index (χ4n) is 1.95. The lowest BCUT2D eigenvalue weighted by Gasteiger charge is -2.20. The third-order valence-corrected chi connectivity index (χ3v) is 2.74. The molecule has 0 aliphatic heterocycles. The first-order valence-electron chi connectivity index (χ1n) is 6.41. The topological polar surface area (TPSA) is 75.4 Å². The molecule has 1 rings (SSSR count). The van der Waals surface area contributed by atoms with E-state index in [1.807, 2.05) is 20.8 Å². The van der Waals surface area contributed by atoms with Gasteiger partial charge in [-0.2, -0.15) is 5.10 Å². The highest BCUT2D eigenvalue weighted by molar-refractivity contribution is 5.96. The molecule has 6 heteroatoms. The summed E-state index contributed by atoms with van der Waals surface area (Å²) in [6, 6.07) is 0. The molecule has 0 unspecified atom stereocenters. The summed E-state index contributed by atoms with van der Waals surface area (Å²) in [4.78, 5) is 24.6. The van der Waals surface area contributed by atoms with Gasteiger partial charge in [0.05, 0.1) is 11.3 Å². The van der Waals surface area contributed by atoms with Gasteiger partial charge in [-0.3, -0.25) is 14.3 Å². The van der Waals surface area contributed by atoms with Gasteiger partial charge in [-0.05, 0) is 12.3 Å². The molecular formula is C13H21N3O3. The molecule has 0 radical (unpaired) electrons. The number of aromatic nitrogens is 2. The molecule has 1 heterocycles. The molecule has 1 N–H and O–H groups in total. The fourth-order valence-corrected chi connectivity index (χ4v) is 1.95. The van der Waals surface area contributed by atoms with E-state index in [0.717, 1.165) is 6.42 Å². The summed E-state index contributed by atoms with van der Waals surface area (Å²) < 4.78 is 1.59. The summed E-state index contributed by atoms with van der Waals surface area (Å²) in [6.07, 6.45) is 2.37. The van der Waals surface area contributed by atoms with Crippen LogP contribution in [0, 0.1) is 0 Å². The van der Waals surface area contributed by atoms with Gasteiger partial charge < -0.3 is 10.0 Å². The van der Waals surface area contributed by atoms with Crippen molar-refractivity contribution < 1.29 is 14.7 Å². The van der Waals surface area contributed by atoms with Gasteiger partial charge in [0.2, 0.25) is 0 Å². The van der Waals surface area contributed by atoms with Gasteiger partial charge in [0.1, 0.15) is 6.54 Å². The lowest BCUT2D eigenvalue weighted by Crippen LogP contribution is -2.36. The molecule has 1 aromatic heterocycles. The normalized spacial score (nSPS) is 10.8. The van der Waals surface area contributed by atoms with Crippen LogP contribution in [0.1, 0.15) is 49.2 Å². The van der Waals surface area contributed by atoms with E-state index >= 15 is 0 Å². The van der Waals surface area contributed by atoms with E-state index in [0.29, 0.717) is 17.8 Å². The average molecular weight is 267 g/mol. The largest absolute Gasteiger partial charge is 0.480 e. The van der Waals surface area contributed by atoms with Crippen molar-refractivity contribution in [2.45, 2.75) is 33.1 Å². The summed E-state index contributed by atoms with van der Waals surface area (Å²) in [6.45, 7) is 5.98. The number of carboxylic acids is 1. The predicted octanol–water partition coefficient (Wildman–Crippen LogP) is 1.48. The summed E-state index contributed by atoms with van der Waals surface area (Å²) in [5, 5.41) is 13.1. The highest BCUT2D eigenvalue weighted by atomic mass is 16.4. The number of carbonyl (C=O) groups is 2. The van der Waals surface area contributed by atoms with E-state index < -0.39 is 5.97 Å². The Morgan fingerprint density at radius 3 is 2.58 bits per heavy atom. The molecule has 0 atom stereocenters. The number of amides is 1. The van der Waals surface area contributed by atoms with Crippen LogP contribution < -0.4 is 0 Å². The van der Waals surface area contributed by atoms with Crippen molar-refractivity contribution in [2.75, 3.05) is 13.1 Å². The Bertz CT molecular complexity index is 466. The zero-order valence-electron chi connectivity index (χ0n) is 11.9. The molecule has 0 aromatic carbocycles. The Morgan fingerprint density at radius 2 is 2.11 bits per heavy atom. The van der Waals surface area contributed by atoms with Crippen molar-refractivity contribution in [3.63, 3.8) is 0 Å². The molecule has 19 heavy (non-hydrogen) atoms. The molecule has 0 spiro atoms. The van der Waals surface area contributed by atoms with E-state index in [1.54, 1.807) is 17.9 Å². The van der Waals surface area contributed by atoms with Gasteiger partial charge in [0.15, 0.2) is 0 Å². The van der Waals surface area contributed by atoms with Crippen LogP contribution in [-0.4, -0.2) is 44.8 Å². The Balaban J connectivity index is 3.05. The smallest absolute Gasteiger partial charge is 0.323 e. The number of aryl methyl sites for hydroxylation is 1. The summed E-state index contributed by atoms with van der Waals surface area (Å²) in [5.74, 6) is -1.15. The molecule has 0 bridgehead atoms. The maximum absolute atomic E-state index is 12.4. The van der Waals surface area contributed by atoms with E-state index in [9.17, 15) is 9.59 Å². The monoisotopic (exact) mass is 267 g/mol. The SMILES string of the molecule is CCCN(CC(=O)O)C(=O)c1cn(C)nc1C(C)C. The minimum absolute atomic E-state index is 0.119. The number of hydrogen-bond acceptors (Lipinski definition) is 3. The minimum atomic E-state index is -1.00. The number of rotatable bonds is 6. The standard InChI is InChI=1S/C13H21N3O3/c1-5-6-16(8-11(17)18)13(19)10-7-15(4)14-12(10)9(2)3/h7,9H,5-6,8H2,1-4H3,(H,17,18). The second-order valence-electron chi connectivity index (χ2n) is 4.88. The van der Waals surface area contributed by atoms with Gasteiger partial charge >= 0.3 is 5.97 Å². The van der Waals surface area contributed by atoms with Crippen molar-refractivity contribution in [3.05, 3.63) is 17.5 Å². The highest BCUT2D eigenvalue weighted by Crippen LogP contribution is 2.19. The number of carboxylic acid groups (broad SMARTS) is 1. The van der Waals surface area contributed by atoms with Crippen LogP contribution in [0.4, 0.5) is 0 Å². The molecule has 106 valence electrons. The molecule has 1 aromatic rings. The zero-order chi connectivity index (χ0) is 14.6. The number of aliphatic carboxylic acids is 1. The van der Waals surface area contributed by atoms with Gasteiger partial charge in [-0.1, -0.05) is 20.8 Å². The molecule has 0 aliphatic carbocycles. The van der Waals surface area contributed by atoms with Crippen LogP contribution in [0.3, 0.4) is 0 Å². The first-order chi connectivity index (χ1) is 8.86. The van der Waals surface area contributed by atoms with Crippen LogP contribution in [0.15, 0.2) is 6.20 Å². The lowest BCUT2D eigenvalue weighted by molar-refractivity contribution is -0.137. The van der Waals surface area contributed by atoms with Gasteiger partial charge in [-0.25, -0.2) is 0 Å². The van der Waals surface area contributed by atoms with Crippen molar-refractivity contribution in [1.29, 1.82) is 0 Å². The van der Waals surface area contributed by atoms with Gasteiger partial charge in [0, 0.05) is 19.8 Å². The van der Waals surface area contributed by atoms with Crippen molar-refractivity contribution in [3.8, 4) is 0 Å². The molecule has 0 saturated heterocycles. The van der Waals surface area contributed by atoms with Crippen LogP contribution >= 0.6 is 0 Å². The molecule has 0 saturated carbocycles. The summed E-state index contributed by atoms with van der Waals surface area (Å²) >= 11 is 0. The van der Waals surface area contributed by atoms with E-state index in [4.69, 9.17) is 5.11 Å². The van der Waals surface area contributed by atoms with Crippen LogP contribution in [0.2, 0.25) is 0 Å². The van der Waals surface area contributed by atoms with E-state index in [1.165, 1.54) is 4.90 Å². The van der Waals surface area contributed by atoms with Crippen molar-refractivity contribution >= 4 is 11.9 Å². The third kappa shape index (κ3) is 3.81. The fraction of sp³-hybridized carbons (Fsp3) is 0.615. The van der Waals surface area contributed by atoms with Crippen LogP contribution in [0.25, 0.3) is 0 Å². The predicted molar refractivity (Wildman–Crippen MR) is 71.1 cm³/mol. The number of nitrogens with zero attached hydrogens (tertiary/aromatic N) is 3. The Morgan fingerprint density at radius 1 is 1.47 bits per heavy atom. The lowest BCUT2D eigenvalue weighted by atomic mass is 10.1. The molecular weight excluding hydrogens is 246 g/mol. The summed E-state index contributed by atoms with van der Waals surface area (Å²) in [5.41, 5.74) is 1.20. The van der Waals surface area contributed by atoms with E-state index in [2.05, 4.69) is 5.10 Å². The average Bonchev–Trinajstić information content (AvgIpc) is 2.69. The van der Waals surface area contributed by atoms with Crippen LogP contribution in [0.5, 0.6) is 0 Å². The first kappa shape index (κ1) is 15.2. The zero-order valence-corrected chi connectivity index (χ0v) is 11.9. The third-order valence-electron chi connectivity index (χ3n) is 2.74. The summed E-state index contributed by atoms with van der Waals surface area (Å²) in [7, 11) is 1.75. The van der Waals surface area contributed by atoms with Crippen molar-refractivity contribution in [1.82, 2.24) is 14.7 Å². The molecule has 6 nitrogen and oxygen atoms in total. The maximum atomic E-state index is 12.4. The second-order valence-corrected chi connectivity index (χ2v) is 4.88. The Kier molecular flexibility index (Phi) is 5.09. The second kappa shape index (κ2) is 6.36.